The summed E-state index contributed by atoms with van der Waals surface area (Å²) in [5.41, 5.74) is 1.29. The number of halogens is 5. The molecule has 0 unspecified atom stereocenters. The minimum Gasteiger partial charge on any atom is -0.322 e. The van der Waals surface area contributed by atoms with Crippen molar-refractivity contribution in [3.8, 4) is 0 Å². The van der Waals surface area contributed by atoms with Crippen molar-refractivity contribution in [2.45, 2.75) is 0 Å². The van der Waals surface area contributed by atoms with Crippen LogP contribution in [0.4, 0.5) is 11.4 Å². The quantitative estimate of drug-likeness (QED) is 0.400. The number of nitrogens with one attached hydrogen (secondary N) is 2. The number of anilines is 2. The van der Waals surface area contributed by atoms with Crippen LogP contribution in [0.3, 0.4) is 0 Å². The van der Waals surface area contributed by atoms with Gasteiger partial charge in [0.1, 0.15) is 0 Å². The smallest absolute Gasteiger partial charge is 0.257 e. The van der Waals surface area contributed by atoms with Crippen molar-refractivity contribution in [3.63, 3.8) is 0 Å². The van der Waals surface area contributed by atoms with Gasteiger partial charge in [-0.25, -0.2) is 0 Å². The van der Waals surface area contributed by atoms with Crippen LogP contribution in [-0.4, -0.2) is 11.8 Å². The van der Waals surface area contributed by atoms with E-state index < -0.39 is 11.8 Å². The van der Waals surface area contributed by atoms with E-state index in [1.54, 1.807) is 24.3 Å². The molecule has 0 aliphatic carbocycles. The minimum atomic E-state index is -0.446. The Labute approximate surface area is 191 Å². The van der Waals surface area contributed by atoms with Gasteiger partial charge in [-0.3, -0.25) is 9.59 Å². The number of amides is 2. The van der Waals surface area contributed by atoms with Crippen molar-refractivity contribution in [1.82, 2.24) is 0 Å². The SMILES string of the molecule is O=C(Nc1ccc(NC(=O)c2ccc(Cl)cc2Cl)c(Cl)c1)c1ccc(Cl)cc1Cl. The van der Waals surface area contributed by atoms with Crippen LogP contribution in [0, 0.1) is 0 Å². The lowest BCUT2D eigenvalue weighted by molar-refractivity contribution is 0.101. The molecular formula is C20H11Cl5N2O2. The summed E-state index contributed by atoms with van der Waals surface area (Å²) >= 11 is 30.0. The highest BCUT2D eigenvalue weighted by atomic mass is 35.5. The average molecular weight is 489 g/mol. The average Bonchev–Trinajstić information content (AvgIpc) is 2.63. The largest absolute Gasteiger partial charge is 0.322 e. The van der Waals surface area contributed by atoms with Gasteiger partial charge in [0.2, 0.25) is 0 Å². The van der Waals surface area contributed by atoms with Crippen LogP contribution >= 0.6 is 58.0 Å². The summed E-state index contributed by atoms with van der Waals surface area (Å²) in [4.78, 5) is 24.8. The molecular weight excluding hydrogens is 477 g/mol. The summed E-state index contributed by atoms with van der Waals surface area (Å²) in [7, 11) is 0. The molecule has 29 heavy (non-hydrogen) atoms. The number of carbonyl (C=O) groups is 2. The highest BCUT2D eigenvalue weighted by molar-refractivity contribution is 6.38. The summed E-state index contributed by atoms with van der Waals surface area (Å²) in [5, 5.41) is 6.87. The van der Waals surface area contributed by atoms with Gasteiger partial charge in [-0.2, -0.15) is 0 Å². The van der Waals surface area contributed by atoms with E-state index in [-0.39, 0.29) is 26.2 Å². The maximum atomic E-state index is 12.4. The first-order valence-corrected chi connectivity index (χ1v) is 9.96. The van der Waals surface area contributed by atoms with E-state index in [2.05, 4.69) is 10.6 Å². The molecule has 9 heteroatoms. The first kappa shape index (κ1) is 21.8. The van der Waals surface area contributed by atoms with Crippen LogP contribution in [0.1, 0.15) is 20.7 Å². The maximum absolute atomic E-state index is 12.4. The topological polar surface area (TPSA) is 58.2 Å². The van der Waals surface area contributed by atoms with Gasteiger partial charge in [-0.15, -0.1) is 0 Å². The molecule has 0 aromatic heterocycles. The Balaban J connectivity index is 1.74. The number of benzene rings is 3. The number of hydrogen-bond acceptors (Lipinski definition) is 2. The van der Waals surface area contributed by atoms with Gasteiger partial charge in [-0.1, -0.05) is 58.0 Å². The Morgan fingerprint density at radius 3 is 1.59 bits per heavy atom. The Kier molecular flexibility index (Phi) is 6.93. The minimum absolute atomic E-state index is 0.217. The Morgan fingerprint density at radius 1 is 0.586 bits per heavy atom. The zero-order chi connectivity index (χ0) is 21.1. The zero-order valence-corrected chi connectivity index (χ0v) is 18.2. The molecule has 3 aromatic carbocycles. The van der Waals surface area contributed by atoms with E-state index >= 15 is 0 Å². The molecule has 0 heterocycles. The third-order valence-electron chi connectivity index (χ3n) is 3.83. The van der Waals surface area contributed by atoms with Gasteiger partial charge in [0, 0.05) is 15.7 Å². The summed E-state index contributed by atoms with van der Waals surface area (Å²) in [5.74, 6) is -0.870. The summed E-state index contributed by atoms with van der Waals surface area (Å²) < 4.78 is 0. The summed E-state index contributed by atoms with van der Waals surface area (Å²) in [6.45, 7) is 0. The summed E-state index contributed by atoms with van der Waals surface area (Å²) in [6, 6.07) is 13.8. The van der Waals surface area contributed by atoms with E-state index in [0.29, 0.717) is 21.4 Å². The van der Waals surface area contributed by atoms with Gasteiger partial charge >= 0.3 is 0 Å². The first-order valence-electron chi connectivity index (χ1n) is 8.07. The lowest BCUT2D eigenvalue weighted by Crippen LogP contribution is -2.14. The molecule has 4 nitrogen and oxygen atoms in total. The molecule has 0 radical (unpaired) electrons. The van der Waals surface area contributed by atoms with Crippen molar-refractivity contribution < 1.29 is 9.59 Å². The molecule has 0 bridgehead atoms. The molecule has 0 aliphatic rings. The second kappa shape index (κ2) is 9.24. The van der Waals surface area contributed by atoms with Crippen LogP contribution in [0.15, 0.2) is 54.6 Å². The van der Waals surface area contributed by atoms with E-state index in [1.165, 1.54) is 30.3 Å². The van der Waals surface area contributed by atoms with Crippen LogP contribution in [-0.2, 0) is 0 Å². The second-order valence-corrected chi connectivity index (χ2v) is 7.95. The van der Waals surface area contributed by atoms with Gasteiger partial charge in [-0.05, 0) is 54.6 Å². The highest BCUT2D eigenvalue weighted by Gasteiger charge is 2.15. The van der Waals surface area contributed by atoms with Crippen molar-refractivity contribution in [1.29, 1.82) is 0 Å². The van der Waals surface area contributed by atoms with Gasteiger partial charge < -0.3 is 10.6 Å². The Bertz CT molecular complexity index is 1120. The molecule has 0 atom stereocenters. The molecule has 148 valence electrons. The lowest BCUT2D eigenvalue weighted by Gasteiger charge is -2.11. The molecule has 0 saturated carbocycles. The van der Waals surface area contributed by atoms with Crippen LogP contribution < -0.4 is 10.6 Å². The lowest BCUT2D eigenvalue weighted by atomic mass is 10.2. The fraction of sp³-hybridized carbons (Fsp3) is 0. The molecule has 0 spiro atoms. The molecule has 3 rings (SSSR count). The Morgan fingerprint density at radius 2 is 1.10 bits per heavy atom. The third kappa shape index (κ3) is 5.35. The standard InChI is InChI=1S/C20H11Cl5N2O2/c21-10-1-4-13(15(23)7-10)19(28)26-12-3-6-18(17(25)9-12)27-20(29)14-5-2-11(22)8-16(14)24/h1-9H,(H,26,28)(H,27,29). The molecule has 3 aromatic rings. The summed E-state index contributed by atoms with van der Waals surface area (Å²) in [6.07, 6.45) is 0. The van der Waals surface area contributed by atoms with E-state index in [4.69, 9.17) is 58.0 Å². The monoisotopic (exact) mass is 486 g/mol. The Hall–Kier alpha value is -1.95. The van der Waals surface area contributed by atoms with Gasteiger partial charge in [0.05, 0.1) is 31.9 Å². The van der Waals surface area contributed by atoms with E-state index in [9.17, 15) is 9.59 Å². The second-order valence-electron chi connectivity index (χ2n) is 5.85. The van der Waals surface area contributed by atoms with Crippen molar-refractivity contribution in [3.05, 3.63) is 90.8 Å². The van der Waals surface area contributed by atoms with Crippen LogP contribution in [0.2, 0.25) is 25.1 Å². The van der Waals surface area contributed by atoms with E-state index in [0.717, 1.165) is 0 Å². The van der Waals surface area contributed by atoms with Gasteiger partial charge in [0.25, 0.3) is 11.8 Å². The van der Waals surface area contributed by atoms with Crippen LogP contribution in [0.25, 0.3) is 0 Å². The predicted octanol–water partition coefficient (Wildman–Crippen LogP) is 7.46. The first-order chi connectivity index (χ1) is 13.7. The van der Waals surface area contributed by atoms with Crippen molar-refractivity contribution >= 4 is 81.2 Å². The fourth-order valence-corrected chi connectivity index (χ4v) is 3.65. The highest BCUT2D eigenvalue weighted by Crippen LogP contribution is 2.29. The molecule has 2 amide bonds. The number of rotatable bonds is 4. The van der Waals surface area contributed by atoms with Crippen molar-refractivity contribution in [2.75, 3.05) is 10.6 Å². The number of hydrogen-bond donors (Lipinski definition) is 2. The molecule has 2 N–H and O–H groups in total. The fourth-order valence-electron chi connectivity index (χ4n) is 2.43. The van der Waals surface area contributed by atoms with Crippen molar-refractivity contribution in [2.24, 2.45) is 0 Å². The molecule has 0 fully saturated rings. The van der Waals surface area contributed by atoms with E-state index in [1.807, 2.05) is 0 Å². The maximum Gasteiger partial charge on any atom is 0.257 e. The number of carbonyl (C=O) groups excluding carboxylic acids is 2. The molecule has 0 aliphatic heterocycles. The van der Waals surface area contributed by atoms with Gasteiger partial charge in [0.15, 0.2) is 0 Å². The molecule has 0 saturated heterocycles. The predicted molar refractivity (Wildman–Crippen MR) is 120 cm³/mol. The van der Waals surface area contributed by atoms with Crippen LogP contribution in [0.5, 0.6) is 0 Å². The zero-order valence-electron chi connectivity index (χ0n) is 14.4. The normalized spacial score (nSPS) is 10.5. The third-order valence-corrected chi connectivity index (χ3v) is 5.23.